The minimum atomic E-state index is -3.46. The first-order valence-electron chi connectivity index (χ1n) is 7.79. The number of thioether (sulfide) groups is 1. The highest BCUT2D eigenvalue weighted by atomic mass is 32.2. The van der Waals surface area contributed by atoms with E-state index in [4.69, 9.17) is 32.8 Å². The lowest BCUT2D eigenvalue weighted by Crippen LogP contribution is -2.40. The molecule has 2 unspecified atom stereocenters. The van der Waals surface area contributed by atoms with E-state index < -0.39 is 32.4 Å². The van der Waals surface area contributed by atoms with Crippen LogP contribution in [0.5, 0.6) is 0 Å². The topological polar surface area (TPSA) is 164 Å². The highest BCUT2D eigenvalue weighted by Gasteiger charge is 2.57. The molecule has 26 heavy (non-hydrogen) atoms. The van der Waals surface area contributed by atoms with Crippen LogP contribution < -0.4 is 11.5 Å². The molecule has 11 nitrogen and oxygen atoms in total. The molecule has 2 aliphatic rings. The third-order valence-electron chi connectivity index (χ3n) is 4.08. The van der Waals surface area contributed by atoms with E-state index in [2.05, 4.69) is 15.0 Å². The number of rotatable bonds is 4. The number of hydrogen-bond acceptors (Lipinski definition) is 11. The Morgan fingerprint density at radius 3 is 3.04 bits per heavy atom. The largest absolute Gasteiger partial charge is 0.488 e. The maximum atomic E-state index is 10.8. The summed E-state index contributed by atoms with van der Waals surface area (Å²) in [5.41, 5.74) is 12.3. The molecule has 5 atom stereocenters. The average molecular weight is 399 g/mol. The van der Waals surface area contributed by atoms with Gasteiger partial charge in [0.05, 0.1) is 0 Å². The first kappa shape index (κ1) is 18.3. The second-order valence-corrected chi connectivity index (χ2v) is 8.48. The van der Waals surface area contributed by atoms with Crippen LogP contribution in [0.15, 0.2) is 11.5 Å². The molecule has 138 valence electrons. The van der Waals surface area contributed by atoms with Gasteiger partial charge in [-0.3, -0.25) is 4.57 Å². The van der Waals surface area contributed by atoms with Gasteiger partial charge in [-0.25, -0.2) is 19.8 Å². The average Bonchev–Trinajstić information content (AvgIpc) is 3.11. The summed E-state index contributed by atoms with van der Waals surface area (Å²) >= 11 is 1.38. The van der Waals surface area contributed by atoms with E-state index in [1.807, 2.05) is 0 Å². The maximum absolute atomic E-state index is 10.8. The third kappa shape index (κ3) is 3.08. The summed E-state index contributed by atoms with van der Waals surface area (Å²) < 4.78 is 18.0. The van der Waals surface area contributed by atoms with Gasteiger partial charge in [-0.15, -0.1) is 0 Å². The van der Waals surface area contributed by atoms with Crippen molar-refractivity contribution in [1.82, 2.24) is 19.5 Å². The molecule has 6 N–H and O–H groups in total. The van der Waals surface area contributed by atoms with Gasteiger partial charge in [-0.1, -0.05) is 11.8 Å². The molecule has 0 aliphatic carbocycles. The van der Waals surface area contributed by atoms with Crippen LogP contribution in [0.2, 0.25) is 0 Å². The molecular weight excluding hydrogens is 382 g/mol. The van der Waals surface area contributed by atoms with Gasteiger partial charge in [0.25, 0.3) is 0 Å². The summed E-state index contributed by atoms with van der Waals surface area (Å²) in [6, 6.07) is 0. The monoisotopic (exact) mass is 399 g/mol. The number of imidazole rings is 1. The van der Waals surface area contributed by atoms with Crippen molar-refractivity contribution in [2.75, 3.05) is 24.6 Å². The summed E-state index contributed by atoms with van der Waals surface area (Å²) in [7, 11) is 2.08. The Morgan fingerprint density at radius 2 is 2.27 bits per heavy atom. The molecule has 0 aromatic carbocycles. The molecular formula is C12H17BN6O5PS+. The molecule has 0 amide bonds. The van der Waals surface area contributed by atoms with Gasteiger partial charge in [-0.2, -0.15) is 9.05 Å². The molecule has 2 saturated heterocycles. The summed E-state index contributed by atoms with van der Waals surface area (Å²) in [6.07, 6.45) is -2.11. The summed E-state index contributed by atoms with van der Waals surface area (Å²) in [4.78, 5) is 22.5. The molecule has 2 aromatic rings. The van der Waals surface area contributed by atoms with E-state index in [0.717, 1.165) is 0 Å². The van der Waals surface area contributed by atoms with Crippen LogP contribution in [0.4, 0.5) is 5.82 Å². The number of aliphatic hydroxyl groups is 1. The summed E-state index contributed by atoms with van der Waals surface area (Å²) in [6.45, 7) is 0.448. The minimum Gasteiger partial charge on any atom is -0.385 e. The molecule has 2 aromatic heterocycles. The number of anilines is 1. The number of hydrogen-bond donors (Lipinski definition) is 4. The van der Waals surface area contributed by atoms with E-state index in [1.54, 1.807) is 4.57 Å². The summed E-state index contributed by atoms with van der Waals surface area (Å²) in [5, 5.41) is 11.3. The van der Waals surface area contributed by atoms with Crippen LogP contribution in [0, 0.1) is 0 Å². The fourth-order valence-corrected chi connectivity index (χ4v) is 4.79. The van der Waals surface area contributed by atoms with Gasteiger partial charge in [0, 0.05) is 12.3 Å². The fourth-order valence-electron chi connectivity index (χ4n) is 2.97. The maximum Gasteiger partial charge on any atom is 0.488 e. The molecule has 2 fully saturated rings. The zero-order valence-electron chi connectivity index (χ0n) is 13.5. The van der Waals surface area contributed by atoms with Crippen molar-refractivity contribution >= 4 is 44.1 Å². The van der Waals surface area contributed by atoms with Gasteiger partial charge in [0.15, 0.2) is 34.5 Å². The van der Waals surface area contributed by atoms with Crippen LogP contribution in [0.3, 0.4) is 0 Å². The van der Waals surface area contributed by atoms with Crippen molar-refractivity contribution in [3.8, 4) is 0 Å². The zero-order valence-corrected chi connectivity index (χ0v) is 15.2. The Bertz CT molecular complexity index is 827. The molecule has 2 aliphatic heterocycles. The van der Waals surface area contributed by atoms with Crippen molar-refractivity contribution in [3.05, 3.63) is 6.33 Å². The number of aliphatic hydroxyl groups excluding tert-OH is 1. The number of aromatic nitrogens is 4. The number of nitrogens with zero attached hydrogens (tertiary/aromatic N) is 4. The number of ether oxygens (including phenoxy) is 1. The van der Waals surface area contributed by atoms with E-state index >= 15 is 0 Å². The molecule has 0 spiro atoms. The van der Waals surface area contributed by atoms with E-state index in [9.17, 15) is 10.00 Å². The number of fused-ring (bicyclic) bond motifs is 2. The van der Waals surface area contributed by atoms with E-state index in [1.165, 1.54) is 18.1 Å². The quantitative estimate of drug-likeness (QED) is 0.282. The molecule has 14 heteroatoms. The van der Waals surface area contributed by atoms with Crippen LogP contribution in [-0.4, -0.2) is 74.3 Å². The van der Waals surface area contributed by atoms with Gasteiger partial charge in [0.1, 0.15) is 25.1 Å². The van der Waals surface area contributed by atoms with Gasteiger partial charge >= 0.3 is 15.4 Å². The normalized spacial score (nSPS) is 34.3. The van der Waals surface area contributed by atoms with Crippen LogP contribution in [-0.2, 0) is 13.8 Å². The Morgan fingerprint density at radius 1 is 1.46 bits per heavy atom. The van der Waals surface area contributed by atoms with Gasteiger partial charge < -0.3 is 21.3 Å². The Balaban J connectivity index is 1.75. The van der Waals surface area contributed by atoms with Crippen LogP contribution in [0.25, 0.3) is 11.2 Å². The number of nitrogen functional groups attached to an aromatic ring is 1. The van der Waals surface area contributed by atoms with Crippen molar-refractivity contribution in [2.24, 2.45) is 5.73 Å². The van der Waals surface area contributed by atoms with Crippen molar-refractivity contribution < 1.29 is 23.8 Å². The van der Waals surface area contributed by atoms with Crippen molar-refractivity contribution in [2.45, 2.75) is 29.7 Å². The second-order valence-electron chi connectivity index (χ2n) is 5.82. The zero-order chi connectivity index (χ0) is 18.5. The first-order valence-corrected chi connectivity index (χ1v) is 10.4. The molecule has 4 rings (SSSR count). The van der Waals surface area contributed by atoms with Gasteiger partial charge in [-0.05, 0) is 0 Å². The Hall–Kier alpha value is -1.05. The Kier molecular flexibility index (Phi) is 4.82. The Labute approximate surface area is 154 Å². The highest BCUT2D eigenvalue weighted by Crippen LogP contribution is 2.58. The lowest BCUT2D eigenvalue weighted by molar-refractivity contribution is -0.0628. The predicted molar refractivity (Wildman–Crippen MR) is 95.1 cm³/mol. The first-order chi connectivity index (χ1) is 12.4. The molecule has 0 bridgehead atoms. The fraction of sp³-hybridized carbons (Fsp3) is 0.583. The smallest absolute Gasteiger partial charge is 0.385 e. The molecule has 4 heterocycles. The van der Waals surface area contributed by atoms with E-state index in [0.29, 0.717) is 28.6 Å². The van der Waals surface area contributed by atoms with Crippen molar-refractivity contribution in [3.63, 3.8) is 0 Å². The predicted octanol–water partition coefficient (Wildman–Crippen LogP) is -1.03. The number of nitrogens with two attached hydrogens (primary N) is 2. The molecule has 0 saturated carbocycles. The second kappa shape index (κ2) is 6.84. The lowest BCUT2D eigenvalue weighted by atomic mass is 10.1. The van der Waals surface area contributed by atoms with Crippen LogP contribution >= 0.6 is 19.6 Å². The van der Waals surface area contributed by atoms with Gasteiger partial charge in [0.2, 0.25) is 0 Å². The van der Waals surface area contributed by atoms with Crippen molar-refractivity contribution in [1.29, 1.82) is 0 Å². The highest BCUT2D eigenvalue weighted by molar-refractivity contribution is 7.99. The lowest BCUT2D eigenvalue weighted by Gasteiger charge is -2.27. The standard InChI is InChI=1S/C12H17BN6O5PS/c13-25(21)22-3-5-8(24-25)7(20)11(23-5)19-10-6(9(15)16-4-17-10)18-12(19)26-2-1-14/h4-5,7-8,11,20-21H,1-3,14H2,(H2,15,16,17)/q+1/t5-,7?,8-,11-,25?/m1/s1. The summed E-state index contributed by atoms with van der Waals surface area (Å²) in [5.74, 6) is 0.815. The third-order valence-corrected chi connectivity index (χ3v) is 6.13. The van der Waals surface area contributed by atoms with E-state index in [-0.39, 0.29) is 12.4 Å². The molecule has 2 radical (unpaired) electrons. The SMILES string of the molecule is [B][P+]1(O)OC[C@H]2O[C@@H](n3c(SCCN)nc4c(N)ncnc43)C(O)[C@@H]2O1. The van der Waals surface area contributed by atoms with Crippen LogP contribution in [0.1, 0.15) is 6.23 Å². The minimum absolute atomic E-state index is 0.00797.